The molecule has 2 aromatic rings. The summed E-state index contributed by atoms with van der Waals surface area (Å²) >= 11 is 6.06. The van der Waals surface area contributed by atoms with Gasteiger partial charge in [0, 0.05) is 0 Å². The number of rotatable bonds is 6. The Morgan fingerprint density at radius 1 is 1.17 bits per heavy atom. The fourth-order valence-corrected chi connectivity index (χ4v) is 3.41. The van der Waals surface area contributed by atoms with Crippen molar-refractivity contribution in [3.63, 3.8) is 0 Å². The van der Waals surface area contributed by atoms with Crippen molar-refractivity contribution < 1.29 is 23.6 Å². The summed E-state index contributed by atoms with van der Waals surface area (Å²) in [5.41, 5.74) is 0.596. The number of quaternary nitrogens is 1. The minimum Gasteiger partial charge on any atom is -0.481 e. The molecule has 0 bridgehead atoms. The van der Waals surface area contributed by atoms with E-state index in [1.165, 1.54) is 24.3 Å². The monoisotopic (exact) mass is 420 g/mol. The van der Waals surface area contributed by atoms with Crippen molar-refractivity contribution in [3.8, 4) is 5.75 Å². The van der Waals surface area contributed by atoms with Gasteiger partial charge in [0.2, 0.25) is 0 Å². The van der Waals surface area contributed by atoms with Crippen LogP contribution in [0.3, 0.4) is 0 Å². The Kier molecular flexibility index (Phi) is 7.06. The van der Waals surface area contributed by atoms with Gasteiger partial charge >= 0.3 is 0 Å². The van der Waals surface area contributed by atoms with E-state index in [0.717, 1.165) is 4.90 Å². The molecule has 0 radical (unpaired) electrons. The van der Waals surface area contributed by atoms with E-state index >= 15 is 0 Å². The fraction of sp³-hybridized carbons (Fsp3) is 0.333. The average molecular weight is 421 g/mol. The number of hydrogen-bond donors (Lipinski definition) is 2. The summed E-state index contributed by atoms with van der Waals surface area (Å²) in [7, 11) is 0. The summed E-state index contributed by atoms with van der Waals surface area (Å²) in [5.74, 6) is -0.128. The Bertz CT molecular complexity index is 855. The summed E-state index contributed by atoms with van der Waals surface area (Å²) < 4.78 is 18.6. The molecule has 1 fully saturated rings. The van der Waals surface area contributed by atoms with E-state index in [9.17, 15) is 14.0 Å². The molecule has 8 heteroatoms. The highest BCUT2D eigenvalue weighted by Crippen LogP contribution is 2.20. The number of anilines is 1. The van der Waals surface area contributed by atoms with Gasteiger partial charge in [-0.05, 0) is 43.3 Å². The third-order valence-corrected chi connectivity index (χ3v) is 5.14. The van der Waals surface area contributed by atoms with Gasteiger partial charge in [-0.2, -0.15) is 0 Å². The number of carbonyl (C=O) groups is 2. The van der Waals surface area contributed by atoms with Crippen molar-refractivity contribution in [1.82, 2.24) is 4.90 Å². The number of amides is 2. The Hall–Kier alpha value is -2.64. The molecule has 3 rings (SSSR count). The number of benzene rings is 2. The second-order valence-electron chi connectivity index (χ2n) is 6.99. The maximum atomic E-state index is 13.0. The number of hydrogen-bond acceptors (Lipinski definition) is 3. The SMILES string of the molecule is C[C@@H](Oc1ccc(F)cc1)C(=O)N1CC[NH+](CC(=O)Nc2ccccc2Cl)CC1. The van der Waals surface area contributed by atoms with Gasteiger partial charge in [-0.15, -0.1) is 0 Å². The maximum Gasteiger partial charge on any atom is 0.279 e. The minimum absolute atomic E-state index is 0.110. The summed E-state index contributed by atoms with van der Waals surface area (Å²) in [6, 6.07) is 12.7. The lowest BCUT2D eigenvalue weighted by Crippen LogP contribution is -3.15. The van der Waals surface area contributed by atoms with Crippen LogP contribution in [0, 0.1) is 5.82 Å². The standard InChI is InChI=1S/C21H23ClFN3O3/c1-15(29-17-8-6-16(23)7-9-17)21(28)26-12-10-25(11-13-26)14-20(27)24-19-5-3-2-4-18(19)22/h2-9,15H,10-14H2,1H3,(H,24,27)/p+1/t15-/m1/s1. The van der Waals surface area contributed by atoms with Crippen molar-refractivity contribution in [2.75, 3.05) is 38.0 Å². The van der Waals surface area contributed by atoms with Crippen molar-refractivity contribution >= 4 is 29.1 Å². The first kappa shape index (κ1) is 21.1. The zero-order valence-corrected chi connectivity index (χ0v) is 16.9. The van der Waals surface area contributed by atoms with Crippen molar-refractivity contribution in [1.29, 1.82) is 0 Å². The smallest absolute Gasteiger partial charge is 0.279 e. The van der Waals surface area contributed by atoms with Gasteiger partial charge in [-0.25, -0.2) is 4.39 Å². The zero-order valence-electron chi connectivity index (χ0n) is 16.2. The van der Waals surface area contributed by atoms with Gasteiger partial charge in [-0.3, -0.25) is 9.59 Å². The molecule has 29 heavy (non-hydrogen) atoms. The first-order chi connectivity index (χ1) is 13.9. The molecule has 154 valence electrons. The highest BCUT2D eigenvalue weighted by Gasteiger charge is 2.28. The molecule has 1 aliphatic heterocycles. The molecule has 0 unspecified atom stereocenters. The lowest BCUT2D eigenvalue weighted by Gasteiger charge is -2.33. The third-order valence-electron chi connectivity index (χ3n) is 4.81. The number of ether oxygens (including phenoxy) is 1. The molecule has 2 aromatic carbocycles. The number of nitrogens with one attached hydrogen (secondary N) is 2. The highest BCUT2D eigenvalue weighted by atomic mass is 35.5. The highest BCUT2D eigenvalue weighted by molar-refractivity contribution is 6.33. The van der Waals surface area contributed by atoms with Crippen molar-refractivity contribution in [3.05, 3.63) is 59.4 Å². The van der Waals surface area contributed by atoms with Gasteiger partial charge in [0.1, 0.15) is 11.6 Å². The van der Waals surface area contributed by atoms with Crippen LogP contribution in [0.4, 0.5) is 10.1 Å². The molecule has 0 aromatic heterocycles. The quantitative estimate of drug-likeness (QED) is 0.746. The Morgan fingerprint density at radius 3 is 2.48 bits per heavy atom. The van der Waals surface area contributed by atoms with E-state index in [0.29, 0.717) is 49.2 Å². The van der Waals surface area contributed by atoms with Gasteiger partial charge in [0.25, 0.3) is 11.8 Å². The van der Waals surface area contributed by atoms with Crippen LogP contribution in [0.1, 0.15) is 6.92 Å². The molecule has 1 atom stereocenters. The minimum atomic E-state index is -0.662. The second kappa shape index (κ2) is 9.71. The number of halogens is 2. The average Bonchev–Trinajstić information content (AvgIpc) is 2.71. The van der Waals surface area contributed by atoms with E-state index in [4.69, 9.17) is 16.3 Å². The van der Waals surface area contributed by atoms with Crippen LogP contribution >= 0.6 is 11.6 Å². The van der Waals surface area contributed by atoms with E-state index in [-0.39, 0.29) is 17.6 Å². The van der Waals surface area contributed by atoms with Crippen LogP contribution in [0.2, 0.25) is 5.02 Å². The van der Waals surface area contributed by atoms with Gasteiger partial charge in [-0.1, -0.05) is 23.7 Å². The lowest BCUT2D eigenvalue weighted by atomic mass is 10.2. The Balaban J connectivity index is 1.44. The van der Waals surface area contributed by atoms with E-state index < -0.39 is 6.10 Å². The van der Waals surface area contributed by atoms with Crippen molar-refractivity contribution in [2.45, 2.75) is 13.0 Å². The predicted octanol–water partition coefficient (Wildman–Crippen LogP) is 1.61. The Morgan fingerprint density at radius 2 is 1.83 bits per heavy atom. The van der Waals surface area contributed by atoms with Crippen LogP contribution in [0.25, 0.3) is 0 Å². The molecule has 1 aliphatic rings. The van der Waals surface area contributed by atoms with Crippen LogP contribution in [0.5, 0.6) is 5.75 Å². The fourth-order valence-electron chi connectivity index (χ4n) is 3.23. The first-order valence-electron chi connectivity index (χ1n) is 9.51. The number of nitrogens with zero attached hydrogens (tertiary/aromatic N) is 1. The van der Waals surface area contributed by atoms with Crippen LogP contribution < -0.4 is 15.0 Å². The molecule has 0 saturated carbocycles. The Labute approximate surface area is 174 Å². The summed E-state index contributed by atoms with van der Waals surface area (Å²) in [4.78, 5) is 27.7. The molecule has 0 aliphatic carbocycles. The van der Waals surface area contributed by atoms with Gasteiger partial charge in [0.05, 0.1) is 36.9 Å². The molecule has 2 N–H and O–H groups in total. The maximum absolute atomic E-state index is 13.0. The molecule has 0 spiro atoms. The number of carbonyl (C=O) groups excluding carboxylic acids is 2. The summed E-state index contributed by atoms with van der Waals surface area (Å²) in [6.07, 6.45) is -0.662. The lowest BCUT2D eigenvalue weighted by molar-refractivity contribution is -0.895. The summed E-state index contributed by atoms with van der Waals surface area (Å²) in [5, 5.41) is 3.32. The van der Waals surface area contributed by atoms with Gasteiger partial charge < -0.3 is 19.9 Å². The van der Waals surface area contributed by atoms with E-state index in [1.54, 1.807) is 30.0 Å². The zero-order chi connectivity index (χ0) is 20.8. The first-order valence-corrected chi connectivity index (χ1v) is 9.89. The number of para-hydroxylation sites is 1. The molecule has 1 saturated heterocycles. The number of piperazine rings is 1. The summed E-state index contributed by atoms with van der Waals surface area (Å²) in [6.45, 7) is 4.43. The molecule has 6 nitrogen and oxygen atoms in total. The van der Waals surface area contributed by atoms with Crippen molar-refractivity contribution in [2.24, 2.45) is 0 Å². The normalized spacial score (nSPS) is 15.6. The molecule has 1 heterocycles. The predicted molar refractivity (Wildman–Crippen MR) is 109 cm³/mol. The van der Waals surface area contributed by atoms with Gasteiger partial charge in [0.15, 0.2) is 12.6 Å². The second-order valence-corrected chi connectivity index (χ2v) is 7.40. The molecule has 2 amide bonds. The van der Waals surface area contributed by atoms with E-state index in [2.05, 4.69) is 5.32 Å². The van der Waals surface area contributed by atoms with Crippen LogP contribution in [-0.4, -0.2) is 55.5 Å². The topological polar surface area (TPSA) is 63.1 Å². The molecular formula is C21H24ClFN3O3+. The van der Waals surface area contributed by atoms with Crippen LogP contribution in [-0.2, 0) is 9.59 Å². The van der Waals surface area contributed by atoms with Crippen LogP contribution in [0.15, 0.2) is 48.5 Å². The largest absolute Gasteiger partial charge is 0.481 e. The molecular weight excluding hydrogens is 397 g/mol. The van der Waals surface area contributed by atoms with E-state index in [1.807, 2.05) is 6.07 Å². The third kappa shape index (κ3) is 5.92.